The third-order valence-corrected chi connectivity index (χ3v) is 4.34. The number of sulfonamides is 1. The second-order valence-corrected chi connectivity index (χ2v) is 6.48. The molecular weight excluding hydrogens is 331 g/mol. The van der Waals surface area contributed by atoms with Gasteiger partial charge in [-0.15, -0.1) is 0 Å². The van der Waals surface area contributed by atoms with E-state index < -0.39 is 26.8 Å². The molecule has 22 heavy (non-hydrogen) atoms. The zero-order valence-electron chi connectivity index (χ0n) is 11.3. The van der Waals surface area contributed by atoms with Crippen LogP contribution in [0.4, 0.5) is 4.39 Å². The monoisotopic (exact) mass is 342 g/mol. The predicted octanol–water partition coefficient (Wildman–Crippen LogP) is 2.31. The molecule has 0 aliphatic heterocycles. The number of carbonyl (C=O) groups excluding carboxylic acids is 1. The molecule has 116 valence electrons. The highest BCUT2D eigenvalue weighted by molar-refractivity contribution is 7.90. The summed E-state index contributed by atoms with van der Waals surface area (Å²) in [6.07, 6.45) is 1.41. The van der Waals surface area contributed by atoms with Crippen molar-refractivity contribution in [1.82, 2.24) is 9.71 Å². The lowest BCUT2D eigenvalue weighted by atomic mass is 10.1. The van der Waals surface area contributed by atoms with Crippen molar-refractivity contribution < 1.29 is 17.6 Å². The van der Waals surface area contributed by atoms with Gasteiger partial charge in [-0.3, -0.25) is 4.79 Å². The van der Waals surface area contributed by atoms with Crippen LogP contribution in [0.3, 0.4) is 0 Å². The van der Waals surface area contributed by atoms with E-state index in [-0.39, 0.29) is 6.42 Å². The summed E-state index contributed by atoms with van der Waals surface area (Å²) in [5.41, 5.74) is 0.834. The number of aromatic nitrogens is 1. The minimum Gasteiger partial charge on any atom is -0.274 e. The number of hydrogen-bond acceptors (Lipinski definition) is 4. The first-order valence-electron chi connectivity index (χ1n) is 6.29. The van der Waals surface area contributed by atoms with E-state index in [4.69, 9.17) is 11.6 Å². The molecule has 5 nitrogen and oxygen atoms in total. The van der Waals surface area contributed by atoms with Gasteiger partial charge in [-0.2, -0.15) is 8.42 Å². The van der Waals surface area contributed by atoms with Gasteiger partial charge in [0.15, 0.2) is 5.82 Å². The molecule has 1 aromatic carbocycles. The maximum Gasteiger partial charge on any atom is 0.284 e. The molecule has 0 atom stereocenters. The molecule has 0 unspecified atom stereocenters. The fourth-order valence-electron chi connectivity index (χ4n) is 1.73. The molecular formula is C14H12ClFN2O3S. The lowest BCUT2D eigenvalue weighted by molar-refractivity contribution is -0.119. The lowest BCUT2D eigenvalue weighted by Gasteiger charge is -2.07. The van der Waals surface area contributed by atoms with Gasteiger partial charge in [-0.1, -0.05) is 23.7 Å². The Morgan fingerprint density at radius 3 is 2.55 bits per heavy atom. The normalized spacial score (nSPS) is 11.2. The molecule has 1 aromatic heterocycles. The summed E-state index contributed by atoms with van der Waals surface area (Å²) in [7, 11) is -4.31. The molecule has 0 bridgehead atoms. The molecule has 0 radical (unpaired) electrons. The van der Waals surface area contributed by atoms with Crippen LogP contribution < -0.4 is 4.72 Å². The van der Waals surface area contributed by atoms with Gasteiger partial charge in [0.25, 0.3) is 10.0 Å². The van der Waals surface area contributed by atoms with Crippen LogP contribution >= 0.6 is 11.6 Å². The summed E-state index contributed by atoms with van der Waals surface area (Å²) in [6.45, 7) is 0. The Labute approximate surface area is 132 Å². The Hall–Kier alpha value is -1.99. The summed E-state index contributed by atoms with van der Waals surface area (Å²) in [5.74, 6) is -1.75. The van der Waals surface area contributed by atoms with Crippen molar-refractivity contribution >= 4 is 27.5 Å². The average molecular weight is 343 g/mol. The van der Waals surface area contributed by atoms with Crippen LogP contribution in [-0.2, 0) is 21.2 Å². The molecule has 2 aromatic rings. The summed E-state index contributed by atoms with van der Waals surface area (Å²) in [4.78, 5) is 15.2. The van der Waals surface area contributed by atoms with Crippen LogP contribution in [0.2, 0.25) is 5.02 Å². The highest BCUT2D eigenvalue weighted by Gasteiger charge is 2.22. The maximum atomic E-state index is 13.4. The first-order chi connectivity index (χ1) is 10.4. The molecule has 0 saturated heterocycles. The van der Waals surface area contributed by atoms with Crippen molar-refractivity contribution in [3.8, 4) is 0 Å². The molecule has 0 fully saturated rings. The van der Waals surface area contributed by atoms with E-state index in [1.54, 1.807) is 29.0 Å². The SMILES string of the molecule is O=C(CCc1ccc(Cl)cc1)NS(=O)(=O)c1ncccc1F. The molecule has 2 rings (SSSR count). The first-order valence-corrected chi connectivity index (χ1v) is 8.15. The van der Waals surface area contributed by atoms with Crippen molar-refractivity contribution in [3.05, 3.63) is 59.0 Å². The van der Waals surface area contributed by atoms with Crippen LogP contribution in [0.25, 0.3) is 0 Å². The molecule has 0 aliphatic rings. The average Bonchev–Trinajstić information content (AvgIpc) is 2.46. The van der Waals surface area contributed by atoms with Crippen LogP contribution in [0.15, 0.2) is 47.6 Å². The number of hydrogen-bond donors (Lipinski definition) is 1. The molecule has 1 N–H and O–H groups in total. The van der Waals surface area contributed by atoms with Crippen molar-refractivity contribution in [2.75, 3.05) is 0 Å². The molecule has 1 amide bonds. The van der Waals surface area contributed by atoms with E-state index in [0.29, 0.717) is 11.4 Å². The van der Waals surface area contributed by atoms with Gasteiger partial charge in [0.05, 0.1) is 0 Å². The molecule has 8 heteroatoms. The second kappa shape index (κ2) is 6.85. The highest BCUT2D eigenvalue weighted by Crippen LogP contribution is 2.12. The van der Waals surface area contributed by atoms with Gasteiger partial charge >= 0.3 is 0 Å². The fourth-order valence-corrected chi connectivity index (χ4v) is 2.88. The number of amides is 1. The molecule has 1 heterocycles. The Morgan fingerprint density at radius 1 is 1.23 bits per heavy atom. The predicted molar refractivity (Wildman–Crippen MR) is 79.3 cm³/mol. The van der Waals surface area contributed by atoms with E-state index in [9.17, 15) is 17.6 Å². The Bertz CT molecular complexity index is 779. The molecule has 0 spiro atoms. The van der Waals surface area contributed by atoms with Crippen molar-refractivity contribution in [3.63, 3.8) is 0 Å². The summed E-state index contributed by atoms with van der Waals surface area (Å²) in [6, 6.07) is 9.05. The number of nitrogens with one attached hydrogen (secondary N) is 1. The van der Waals surface area contributed by atoms with Gasteiger partial charge in [0.2, 0.25) is 10.9 Å². The van der Waals surface area contributed by atoms with Crippen molar-refractivity contribution in [2.24, 2.45) is 0 Å². The van der Waals surface area contributed by atoms with Gasteiger partial charge in [-0.05, 0) is 36.2 Å². The van der Waals surface area contributed by atoms with Gasteiger partial charge in [0.1, 0.15) is 0 Å². The number of halogens is 2. The third-order valence-electron chi connectivity index (χ3n) is 2.78. The number of aryl methyl sites for hydroxylation is 1. The molecule has 0 saturated carbocycles. The van der Waals surface area contributed by atoms with Crippen LogP contribution in [-0.4, -0.2) is 19.3 Å². The number of nitrogens with zero attached hydrogens (tertiary/aromatic N) is 1. The summed E-state index contributed by atoms with van der Waals surface area (Å²) >= 11 is 5.74. The van der Waals surface area contributed by atoms with Crippen molar-refractivity contribution in [2.45, 2.75) is 17.9 Å². The quantitative estimate of drug-likeness (QED) is 0.904. The lowest BCUT2D eigenvalue weighted by Crippen LogP contribution is -2.31. The number of pyridine rings is 1. The maximum absolute atomic E-state index is 13.4. The van der Waals surface area contributed by atoms with E-state index in [0.717, 1.165) is 17.8 Å². The minimum atomic E-state index is -4.31. The smallest absolute Gasteiger partial charge is 0.274 e. The summed E-state index contributed by atoms with van der Waals surface area (Å²) < 4.78 is 39.0. The third kappa shape index (κ3) is 4.25. The Morgan fingerprint density at radius 2 is 1.91 bits per heavy atom. The first kappa shape index (κ1) is 16.4. The number of benzene rings is 1. The van der Waals surface area contributed by atoms with E-state index in [2.05, 4.69) is 4.98 Å². The Balaban J connectivity index is 1.99. The van der Waals surface area contributed by atoms with E-state index >= 15 is 0 Å². The van der Waals surface area contributed by atoms with Crippen LogP contribution in [0.1, 0.15) is 12.0 Å². The largest absolute Gasteiger partial charge is 0.284 e. The van der Waals surface area contributed by atoms with Crippen LogP contribution in [0.5, 0.6) is 0 Å². The standard InChI is InChI=1S/C14H12ClFN2O3S/c15-11-6-3-10(4-7-11)5-8-13(19)18-22(20,21)14-12(16)2-1-9-17-14/h1-4,6-7,9H,5,8H2,(H,18,19). The zero-order chi connectivity index (χ0) is 16.2. The Kier molecular flexibility index (Phi) is 5.10. The topological polar surface area (TPSA) is 76.1 Å². The van der Waals surface area contributed by atoms with Crippen molar-refractivity contribution in [1.29, 1.82) is 0 Å². The van der Waals surface area contributed by atoms with Crippen LogP contribution in [0, 0.1) is 5.82 Å². The van der Waals surface area contributed by atoms with E-state index in [1.807, 2.05) is 0 Å². The van der Waals surface area contributed by atoms with Gasteiger partial charge < -0.3 is 0 Å². The second-order valence-electron chi connectivity index (χ2n) is 4.45. The molecule has 0 aliphatic carbocycles. The highest BCUT2D eigenvalue weighted by atomic mass is 35.5. The zero-order valence-corrected chi connectivity index (χ0v) is 12.9. The van der Waals surface area contributed by atoms with Gasteiger partial charge in [0, 0.05) is 17.6 Å². The van der Waals surface area contributed by atoms with Gasteiger partial charge in [-0.25, -0.2) is 14.1 Å². The fraction of sp³-hybridized carbons (Fsp3) is 0.143. The number of rotatable bonds is 5. The van der Waals surface area contributed by atoms with E-state index in [1.165, 1.54) is 6.07 Å². The minimum absolute atomic E-state index is 0.0602. The number of carbonyl (C=O) groups is 1. The summed E-state index contributed by atoms with van der Waals surface area (Å²) in [5, 5.41) is -0.226.